The van der Waals surface area contributed by atoms with Gasteiger partial charge in [-0.1, -0.05) is 0 Å². The van der Waals surface area contributed by atoms with Crippen LogP contribution in [0.3, 0.4) is 0 Å². The van der Waals surface area contributed by atoms with Crippen LogP contribution < -0.4 is 14.8 Å². The smallest absolute Gasteiger partial charge is 0.395 e. The summed E-state index contributed by atoms with van der Waals surface area (Å²) in [7, 11) is 0. The van der Waals surface area contributed by atoms with E-state index in [1.165, 1.54) is 24.5 Å². The zero-order valence-corrected chi connectivity index (χ0v) is 14.9. The lowest BCUT2D eigenvalue weighted by Gasteiger charge is -2.08. The number of amides is 1. The summed E-state index contributed by atoms with van der Waals surface area (Å²) >= 11 is 0. The molecule has 0 atom stereocenters. The molecule has 0 bridgehead atoms. The minimum Gasteiger partial charge on any atom is -0.395 e. The van der Waals surface area contributed by atoms with Crippen LogP contribution in [0.15, 0.2) is 36.8 Å². The van der Waals surface area contributed by atoms with Crippen LogP contribution in [0, 0.1) is 6.92 Å². The third kappa shape index (κ3) is 3.24. The Labute approximate surface area is 158 Å². The van der Waals surface area contributed by atoms with Crippen molar-refractivity contribution in [1.82, 2.24) is 19.7 Å². The Morgan fingerprint density at radius 3 is 2.64 bits per heavy atom. The summed E-state index contributed by atoms with van der Waals surface area (Å²) in [6.07, 6.45) is 0.686. The number of hydrogen-bond donors (Lipinski definition) is 1. The number of alkyl halides is 2. The molecule has 1 aliphatic heterocycles. The second-order valence-corrected chi connectivity index (χ2v) is 6.05. The first kappa shape index (κ1) is 17.8. The first-order chi connectivity index (χ1) is 13.4. The molecule has 0 fully saturated rings. The average Bonchev–Trinajstić information content (AvgIpc) is 3.24. The number of aromatic nitrogens is 4. The van der Waals surface area contributed by atoms with E-state index in [0.29, 0.717) is 29.1 Å². The van der Waals surface area contributed by atoms with Crippen LogP contribution in [0.5, 0.6) is 11.5 Å². The summed E-state index contributed by atoms with van der Waals surface area (Å²) in [4.78, 5) is 20.8. The van der Waals surface area contributed by atoms with Gasteiger partial charge >= 0.3 is 6.29 Å². The number of anilines is 1. The number of carbonyl (C=O) groups excluding carboxylic acids is 1. The van der Waals surface area contributed by atoms with Crippen molar-refractivity contribution in [2.75, 3.05) is 5.32 Å². The second kappa shape index (κ2) is 6.55. The van der Waals surface area contributed by atoms with Crippen LogP contribution in [0.1, 0.15) is 23.0 Å². The standard InChI is InChI=1S/C18H15F2N5O3/c1-3-25-13(4-5-23-25)17(26)24-16-9-21-12(8-22-16)11-7-15-14(6-10(11)2)27-18(19,20)28-15/h4-9H,3H2,1-2H3,(H,22,24,26). The molecule has 144 valence electrons. The maximum absolute atomic E-state index is 13.2. The van der Waals surface area contributed by atoms with Gasteiger partial charge in [0.05, 0.1) is 18.1 Å². The molecule has 0 spiro atoms. The lowest BCUT2D eigenvalue weighted by Crippen LogP contribution is -2.25. The van der Waals surface area contributed by atoms with Gasteiger partial charge in [-0.15, -0.1) is 8.78 Å². The number of fused-ring (bicyclic) bond motifs is 1. The van der Waals surface area contributed by atoms with Crippen molar-refractivity contribution in [3.05, 3.63) is 48.0 Å². The van der Waals surface area contributed by atoms with Crippen molar-refractivity contribution in [3.8, 4) is 22.8 Å². The fourth-order valence-corrected chi connectivity index (χ4v) is 2.86. The minimum atomic E-state index is -3.68. The van der Waals surface area contributed by atoms with Gasteiger partial charge in [0.15, 0.2) is 17.3 Å². The maximum atomic E-state index is 13.2. The fourth-order valence-electron chi connectivity index (χ4n) is 2.86. The Hall–Kier alpha value is -3.56. The van der Waals surface area contributed by atoms with Crippen molar-refractivity contribution in [2.45, 2.75) is 26.7 Å². The Balaban J connectivity index is 1.55. The first-order valence-corrected chi connectivity index (χ1v) is 8.42. The Kier molecular flexibility index (Phi) is 4.17. The van der Waals surface area contributed by atoms with Gasteiger partial charge < -0.3 is 14.8 Å². The highest BCUT2D eigenvalue weighted by molar-refractivity contribution is 6.02. The molecule has 1 aromatic carbocycles. The molecule has 0 saturated carbocycles. The molecular weight excluding hydrogens is 372 g/mol. The molecule has 28 heavy (non-hydrogen) atoms. The molecule has 1 amide bonds. The van der Waals surface area contributed by atoms with Crippen LogP contribution >= 0.6 is 0 Å². The van der Waals surface area contributed by atoms with Crippen LogP contribution in [0.2, 0.25) is 0 Å². The van der Waals surface area contributed by atoms with Crippen molar-refractivity contribution < 1.29 is 23.0 Å². The first-order valence-electron chi connectivity index (χ1n) is 8.42. The van der Waals surface area contributed by atoms with Gasteiger partial charge in [-0.2, -0.15) is 5.10 Å². The van der Waals surface area contributed by atoms with E-state index in [1.54, 1.807) is 23.9 Å². The van der Waals surface area contributed by atoms with Crippen LogP contribution in [-0.2, 0) is 6.54 Å². The quantitative estimate of drug-likeness (QED) is 0.739. The lowest BCUT2D eigenvalue weighted by molar-refractivity contribution is -0.286. The molecule has 8 nitrogen and oxygen atoms in total. The van der Waals surface area contributed by atoms with Crippen LogP contribution in [0.25, 0.3) is 11.3 Å². The number of rotatable bonds is 4. The summed E-state index contributed by atoms with van der Waals surface area (Å²) in [5, 5.41) is 6.69. The van der Waals surface area contributed by atoms with E-state index < -0.39 is 6.29 Å². The predicted molar refractivity (Wildman–Crippen MR) is 94.3 cm³/mol. The topological polar surface area (TPSA) is 91.2 Å². The van der Waals surface area contributed by atoms with Crippen molar-refractivity contribution >= 4 is 11.7 Å². The molecule has 0 aliphatic carbocycles. The molecular formula is C18H15F2N5O3. The van der Waals surface area contributed by atoms with E-state index in [0.717, 1.165) is 0 Å². The highest BCUT2D eigenvalue weighted by Gasteiger charge is 2.43. The maximum Gasteiger partial charge on any atom is 0.586 e. The second-order valence-electron chi connectivity index (χ2n) is 6.05. The number of carbonyl (C=O) groups is 1. The third-order valence-corrected chi connectivity index (χ3v) is 4.17. The van der Waals surface area contributed by atoms with Crippen molar-refractivity contribution in [1.29, 1.82) is 0 Å². The van der Waals surface area contributed by atoms with Crippen LogP contribution in [-0.4, -0.2) is 32.0 Å². The van der Waals surface area contributed by atoms with Gasteiger partial charge in [0, 0.05) is 18.3 Å². The Bertz CT molecular complexity index is 1050. The number of halogens is 2. The van der Waals surface area contributed by atoms with E-state index in [2.05, 4.69) is 29.9 Å². The number of hydrogen-bond acceptors (Lipinski definition) is 6. The number of nitrogens with zero attached hydrogens (tertiary/aromatic N) is 4. The van der Waals surface area contributed by atoms with E-state index in [9.17, 15) is 13.6 Å². The van der Waals surface area contributed by atoms with E-state index >= 15 is 0 Å². The van der Waals surface area contributed by atoms with Gasteiger partial charge in [-0.25, -0.2) is 4.98 Å². The molecule has 1 aliphatic rings. The molecule has 0 saturated heterocycles. The highest BCUT2D eigenvalue weighted by Crippen LogP contribution is 2.44. The SMILES string of the molecule is CCn1nccc1C(=O)Nc1cnc(-c2cc3c(cc2C)OC(F)(F)O3)cn1. The molecule has 3 aromatic rings. The monoisotopic (exact) mass is 387 g/mol. The van der Waals surface area contributed by atoms with E-state index in [4.69, 9.17) is 0 Å². The summed E-state index contributed by atoms with van der Waals surface area (Å²) in [5.41, 5.74) is 2.07. The van der Waals surface area contributed by atoms with Gasteiger partial charge in [0.2, 0.25) is 0 Å². The molecule has 3 heterocycles. The normalized spacial score (nSPS) is 14.1. The van der Waals surface area contributed by atoms with E-state index in [-0.39, 0.29) is 23.2 Å². The molecule has 0 radical (unpaired) electrons. The zero-order chi connectivity index (χ0) is 19.9. The molecule has 4 rings (SSSR count). The van der Waals surface area contributed by atoms with Gasteiger partial charge in [0.25, 0.3) is 5.91 Å². The summed E-state index contributed by atoms with van der Waals surface area (Å²) < 4.78 is 36.9. The molecule has 0 unspecified atom stereocenters. The highest BCUT2D eigenvalue weighted by atomic mass is 19.3. The minimum absolute atomic E-state index is 0.0318. The number of nitrogens with one attached hydrogen (secondary N) is 1. The molecule has 1 N–H and O–H groups in total. The Morgan fingerprint density at radius 1 is 1.21 bits per heavy atom. The van der Waals surface area contributed by atoms with E-state index in [1.807, 2.05) is 6.92 Å². The number of aryl methyl sites for hydroxylation is 2. The summed E-state index contributed by atoms with van der Waals surface area (Å²) in [6.45, 7) is 4.17. The largest absolute Gasteiger partial charge is 0.586 e. The molecule has 10 heteroatoms. The van der Waals surface area contributed by atoms with Gasteiger partial charge in [-0.05, 0) is 37.6 Å². The number of benzene rings is 1. The number of ether oxygens (including phenoxy) is 2. The van der Waals surface area contributed by atoms with Gasteiger partial charge in [0.1, 0.15) is 5.69 Å². The third-order valence-electron chi connectivity index (χ3n) is 4.17. The predicted octanol–water partition coefficient (Wildman–Crippen LogP) is 3.24. The van der Waals surface area contributed by atoms with Crippen molar-refractivity contribution in [2.24, 2.45) is 0 Å². The summed E-state index contributed by atoms with van der Waals surface area (Å²) in [5.74, 6) is -0.210. The fraction of sp³-hybridized carbons (Fsp3) is 0.222. The zero-order valence-electron chi connectivity index (χ0n) is 14.9. The van der Waals surface area contributed by atoms with Crippen LogP contribution in [0.4, 0.5) is 14.6 Å². The lowest BCUT2D eigenvalue weighted by atomic mass is 10.1. The average molecular weight is 387 g/mol. The van der Waals surface area contributed by atoms with Gasteiger partial charge in [-0.3, -0.25) is 14.5 Å². The Morgan fingerprint density at radius 2 is 1.96 bits per heavy atom. The summed E-state index contributed by atoms with van der Waals surface area (Å²) in [6, 6.07) is 4.48. The molecule has 2 aromatic heterocycles. The van der Waals surface area contributed by atoms with Crippen molar-refractivity contribution in [3.63, 3.8) is 0 Å².